The fourth-order valence-corrected chi connectivity index (χ4v) is 0.699. The maximum absolute atomic E-state index is 10.1. The van der Waals surface area contributed by atoms with Gasteiger partial charge < -0.3 is 10.1 Å². The number of thiazole rings is 1. The Hall–Kier alpha value is -0.770. The van der Waals surface area contributed by atoms with Crippen LogP contribution in [-0.2, 0) is 0 Å². The van der Waals surface area contributed by atoms with Crippen molar-refractivity contribution in [2.75, 3.05) is 0 Å². The summed E-state index contributed by atoms with van der Waals surface area (Å²) in [6.45, 7) is 0. The van der Waals surface area contributed by atoms with E-state index in [0.717, 1.165) is 11.3 Å². The van der Waals surface area contributed by atoms with Gasteiger partial charge in [0.15, 0.2) is 0 Å². The SMILES string of the molecule is O=c1[nH]c([O-])cs1. The van der Waals surface area contributed by atoms with E-state index >= 15 is 0 Å². The molecule has 0 radical (unpaired) electrons. The van der Waals surface area contributed by atoms with Gasteiger partial charge in [0.1, 0.15) is 0 Å². The summed E-state index contributed by atoms with van der Waals surface area (Å²) < 4.78 is 0. The maximum Gasteiger partial charge on any atom is 0.303 e. The van der Waals surface area contributed by atoms with Crippen LogP contribution in [0.3, 0.4) is 0 Å². The molecule has 0 amide bonds. The average molecular weight is 116 g/mol. The molecule has 4 heteroatoms. The van der Waals surface area contributed by atoms with Gasteiger partial charge in [-0.3, -0.25) is 4.79 Å². The summed E-state index contributed by atoms with van der Waals surface area (Å²) in [7, 11) is 0. The fraction of sp³-hybridized carbons (Fsp3) is 0. The molecule has 0 fully saturated rings. The summed E-state index contributed by atoms with van der Waals surface area (Å²) >= 11 is 0.881. The topological polar surface area (TPSA) is 55.9 Å². The molecule has 1 aromatic rings. The lowest BCUT2D eigenvalue weighted by molar-refractivity contribution is -0.274. The summed E-state index contributed by atoms with van der Waals surface area (Å²) in [5.74, 6) is -0.310. The predicted octanol–water partition coefficient (Wildman–Crippen LogP) is -0.490. The zero-order valence-electron chi connectivity index (χ0n) is 3.30. The third-order valence-electron chi connectivity index (χ3n) is 0.498. The van der Waals surface area contributed by atoms with E-state index in [4.69, 9.17) is 0 Å². The highest BCUT2D eigenvalue weighted by Crippen LogP contribution is 1.94. The highest BCUT2D eigenvalue weighted by molar-refractivity contribution is 7.07. The summed E-state index contributed by atoms with van der Waals surface area (Å²) in [6.07, 6.45) is 0. The zero-order chi connectivity index (χ0) is 5.28. The molecule has 0 bridgehead atoms. The van der Waals surface area contributed by atoms with Gasteiger partial charge in [-0.05, 0) is 5.88 Å². The molecule has 1 heterocycles. The number of hydrogen-bond acceptors (Lipinski definition) is 3. The van der Waals surface area contributed by atoms with Crippen LogP contribution in [0.1, 0.15) is 0 Å². The third-order valence-corrected chi connectivity index (χ3v) is 1.15. The van der Waals surface area contributed by atoms with Crippen molar-refractivity contribution in [1.29, 1.82) is 0 Å². The second-order valence-corrected chi connectivity index (χ2v) is 1.85. The van der Waals surface area contributed by atoms with Gasteiger partial charge in [-0.1, -0.05) is 11.3 Å². The van der Waals surface area contributed by atoms with Crippen molar-refractivity contribution in [2.24, 2.45) is 0 Å². The van der Waals surface area contributed by atoms with Crippen molar-refractivity contribution in [2.45, 2.75) is 0 Å². The smallest absolute Gasteiger partial charge is 0.303 e. The molecule has 0 saturated carbocycles. The molecule has 0 saturated heterocycles. The van der Waals surface area contributed by atoms with Gasteiger partial charge in [0, 0.05) is 5.38 Å². The number of aromatic nitrogens is 1. The number of H-pyrrole nitrogens is 1. The Morgan fingerprint density at radius 3 is 2.71 bits per heavy atom. The molecular weight excluding hydrogens is 114 g/mol. The molecule has 7 heavy (non-hydrogen) atoms. The van der Waals surface area contributed by atoms with E-state index in [1.54, 1.807) is 0 Å². The first-order chi connectivity index (χ1) is 3.29. The molecule has 0 spiro atoms. The largest absolute Gasteiger partial charge is 0.860 e. The summed E-state index contributed by atoms with van der Waals surface area (Å²) in [6, 6.07) is 0. The fourth-order valence-electron chi connectivity index (χ4n) is 0.267. The van der Waals surface area contributed by atoms with Crippen LogP contribution in [0.5, 0.6) is 5.88 Å². The first kappa shape index (κ1) is 4.39. The van der Waals surface area contributed by atoms with Crippen LogP contribution in [0.25, 0.3) is 0 Å². The van der Waals surface area contributed by atoms with E-state index in [9.17, 15) is 9.90 Å². The lowest BCUT2D eigenvalue weighted by Gasteiger charge is -1.90. The predicted molar refractivity (Wildman–Crippen MR) is 24.4 cm³/mol. The van der Waals surface area contributed by atoms with Gasteiger partial charge in [0.2, 0.25) is 0 Å². The average Bonchev–Trinajstić information content (AvgIpc) is 1.87. The highest BCUT2D eigenvalue weighted by atomic mass is 32.1. The molecule has 0 aliphatic carbocycles. The summed E-state index contributed by atoms with van der Waals surface area (Å²) in [5, 5.41) is 11.3. The molecule has 0 unspecified atom stereocenters. The molecule has 0 aliphatic rings. The molecule has 1 aromatic heterocycles. The first-order valence-corrected chi connectivity index (χ1v) is 2.52. The minimum Gasteiger partial charge on any atom is -0.860 e. The Bertz CT molecular complexity index is 201. The number of aromatic amines is 1. The van der Waals surface area contributed by atoms with E-state index in [1.165, 1.54) is 5.38 Å². The van der Waals surface area contributed by atoms with Crippen molar-refractivity contribution in [3.8, 4) is 5.88 Å². The molecule has 0 aliphatic heterocycles. The highest BCUT2D eigenvalue weighted by Gasteiger charge is 1.77. The Morgan fingerprint density at radius 2 is 2.57 bits per heavy atom. The van der Waals surface area contributed by atoms with Crippen molar-refractivity contribution in [3.05, 3.63) is 15.0 Å². The van der Waals surface area contributed by atoms with Gasteiger partial charge in [-0.15, -0.1) is 0 Å². The lowest BCUT2D eigenvalue weighted by atomic mass is 10.9. The summed E-state index contributed by atoms with van der Waals surface area (Å²) in [4.78, 5) is 11.8. The van der Waals surface area contributed by atoms with Crippen LogP contribution in [0.4, 0.5) is 0 Å². The number of rotatable bonds is 0. The maximum atomic E-state index is 10.1. The van der Waals surface area contributed by atoms with Crippen LogP contribution in [0.15, 0.2) is 10.2 Å². The number of hydrogen-bond donors (Lipinski definition) is 1. The standard InChI is InChI=1S/C3H3NO2S/c5-2-1-7-3(6)4-2/h1,5H,(H,4,6)/p-1. The second-order valence-electron chi connectivity index (χ2n) is 1.01. The van der Waals surface area contributed by atoms with Crippen molar-refractivity contribution >= 4 is 11.3 Å². The molecule has 1 N–H and O–H groups in total. The van der Waals surface area contributed by atoms with E-state index < -0.39 is 0 Å². The first-order valence-electron chi connectivity index (χ1n) is 1.64. The molecule has 3 nitrogen and oxygen atoms in total. The quantitative estimate of drug-likeness (QED) is 0.497. The summed E-state index contributed by atoms with van der Waals surface area (Å²) in [5.41, 5.74) is 0. The molecular formula is C3H2NO2S-. The van der Waals surface area contributed by atoms with Gasteiger partial charge in [-0.25, -0.2) is 0 Å². The molecule has 38 valence electrons. The van der Waals surface area contributed by atoms with Crippen LogP contribution >= 0.6 is 11.3 Å². The van der Waals surface area contributed by atoms with Gasteiger partial charge in [-0.2, -0.15) is 0 Å². The van der Waals surface area contributed by atoms with E-state index in [1.807, 2.05) is 4.98 Å². The van der Waals surface area contributed by atoms with Crippen LogP contribution in [0, 0.1) is 0 Å². The van der Waals surface area contributed by atoms with Crippen LogP contribution < -0.4 is 9.98 Å². The van der Waals surface area contributed by atoms with E-state index in [2.05, 4.69) is 0 Å². The Morgan fingerprint density at radius 1 is 1.86 bits per heavy atom. The minimum atomic E-state index is -0.310. The monoisotopic (exact) mass is 116 g/mol. The Kier molecular flexibility index (Phi) is 0.867. The van der Waals surface area contributed by atoms with Crippen molar-refractivity contribution < 1.29 is 5.11 Å². The van der Waals surface area contributed by atoms with Crippen molar-refractivity contribution in [3.63, 3.8) is 0 Å². The van der Waals surface area contributed by atoms with Crippen LogP contribution in [0.2, 0.25) is 0 Å². The minimum absolute atomic E-state index is 0.287. The molecule has 0 atom stereocenters. The van der Waals surface area contributed by atoms with Gasteiger partial charge in [0.05, 0.1) is 0 Å². The Balaban J connectivity index is 3.30. The van der Waals surface area contributed by atoms with Gasteiger partial charge in [0.25, 0.3) is 0 Å². The molecule has 1 rings (SSSR count). The number of nitrogens with one attached hydrogen (secondary N) is 1. The van der Waals surface area contributed by atoms with Crippen molar-refractivity contribution in [1.82, 2.24) is 4.98 Å². The zero-order valence-corrected chi connectivity index (χ0v) is 4.12. The Labute approximate surface area is 43.2 Å². The van der Waals surface area contributed by atoms with Gasteiger partial charge >= 0.3 is 4.87 Å². The van der Waals surface area contributed by atoms with E-state index in [-0.39, 0.29) is 10.8 Å². The normalized spacial score (nSPS) is 9.14. The van der Waals surface area contributed by atoms with Crippen LogP contribution in [-0.4, -0.2) is 4.98 Å². The van der Waals surface area contributed by atoms with E-state index in [0.29, 0.717) is 0 Å². The lowest BCUT2D eigenvalue weighted by Crippen LogP contribution is -1.96. The third kappa shape index (κ3) is 0.806. The second kappa shape index (κ2) is 1.38. The molecule has 0 aromatic carbocycles.